The third-order valence-electron chi connectivity index (χ3n) is 4.53. The lowest BCUT2D eigenvalue weighted by atomic mass is 10.1. The number of ether oxygens (including phenoxy) is 1. The van der Waals surface area contributed by atoms with Gasteiger partial charge in [0.1, 0.15) is 6.54 Å². The number of para-hydroxylation sites is 1. The van der Waals surface area contributed by atoms with Gasteiger partial charge in [0.2, 0.25) is 5.91 Å². The van der Waals surface area contributed by atoms with E-state index in [9.17, 15) is 9.59 Å². The number of aromatic nitrogens is 1. The highest BCUT2D eigenvalue weighted by molar-refractivity contribution is 5.86. The van der Waals surface area contributed by atoms with Crippen LogP contribution in [0.1, 0.15) is 12.5 Å². The van der Waals surface area contributed by atoms with Crippen LogP contribution in [-0.4, -0.2) is 59.4 Å². The average Bonchev–Trinajstić information content (AvgIpc) is 2.61. The molecule has 6 nitrogen and oxygen atoms in total. The number of hydrogen-bond donors (Lipinski definition) is 0. The second-order valence-corrected chi connectivity index (χ2v) is 5.97. The van der Waals surface area contributed by atoms with Crippen molar-refractivity contribution in [2.24, 2.45) is 0 Å². The van der Waals surface area contributed by atoms with E-state index in [2.05, 4.69) is 20.7 Å². The number of rotatable bonds is 4. The molecule has 1 aromatic carbocycles. The summed E-state index contributed by atoms with van der Waals surface area (Å²) in [6.07, 6.45) is 1.80. The molecule has 1 fully saturated rings. The summed E-state index contributed by atoms with van der Waals surface area (Å²) < 4.78 is 4.65. The van der Waals surface area contributed by atoms with Crippen LogP contribution in [0.3, 0.4) is 0 Å². The molecule has 2 aromatic rings. The minimum Gasteiger partial charge on any atom is -0.468 e. The van der Waals surface area contributed by atoms with Gasteiger partial charge in [-0.15, -0.1) is 0 Å². The predicted octanol–water partition coefficient (Wildman–Crippen LogP) is 1.44. The number of carbonyl (C=O) groups is 2. The van der Waals surface area contributed by atoms with Crippen LogP contribution >= 0.6 is 0 Å². The van der Waals surface area contributed by atoms with E-state index in [4.69, 9.17) is 0 Å². The topological polar surface area (TPSA) is 62.7 Å². The molecule has 1 amide bonds. The zero-order chi connectivity index (χ0) is 17.1. The Morgan fingerprint density at radius 3 is 2.88 bits per heavy atom. The number of esters is 1. The Kier molecular flexibility index (Phi) is 4.76. The SMILES string of the molecule is COC(=O)CN1CCN(Cc2ccnc3ccccc23)[C@H](C)C1=O. The first-order valence-corrected chi connectivity index (χ1v) is 8.02. The van der Waals surface area contributed by atoms with Crippen molar-refractivity contribution in [3.05, 3.63) is 42.1 Å². The largest absolute Gasteiger partial charge is 0.468 e. The second-order valence-electron chi connectivity index (χ2n) is 5.97. The molecule has 1 aliphatic rings. The minimum atomic E-state index is -0.385. The zero-order valence-corrected chi connectivity index (χ0v) is 13.9. The van der Waals surface area contributed by atoms with Crippen LogP contribution in [0.4, 0.5) is 0 Å². The summed E-state index contributed by atoms with van der Waals surface area (Å²) in [5.74, 6) is -0.422. The van der Waals surface area contributed by atoms with E-state index in [1.165, 1.54) is 7.11 Å². The number of pyridine rings is 1. The molecule has 2 heterocycles. The van der Waals surface area contributed by atoms with Crippen molar-refractivity contribution >= 4 is 22.8 Å². The third kappa shape index (κ3) is 3.23. The number of methoxy groups -OCH3 is 1. The van der Waals surface area contributed by atoms with Crippen molar-refractivity contribution in [1.82, 2.24) is 14.8 Å². The molecular weight excluding hydrogens is 306 g/mol. The molecule has 0 bridgehead atoms. The molecule has 0 radical (unpaired) electrons. The Labute approximate surface area is 141 Å². The number of benzene rings is 1. The quantitative estimate of drug-likeness (QED) is 0.795. The fraction of sp³-hybridized carbons (Fsp3) is 0.389. The molecule has 0 aliphatic carbocycles. The van der Waals surface area contributed by atoms with E-state index >= 15 is 0 Å². The van der Waals surface area contributed by atoms with Gasteiger partial charge in [0.25, 0.3) is 0 Å². The van der Waals surface area contributed by atoms with Crippen LogP contribution in [0.15, 0.2) is 36.5 Å². The van der Waals surface area contributed by atoms with Crippen LogP contribution in [0.25, 0.3) is 10.9 Å². The van der Waals surface area contributed by atoms with Gasteiger partial charge in [-0.3, -0.25) is 19.5 Å². The van der Waals surface area contributed by atoms with Crippen molar-refractivity contribution in [3.8, 4) is 0 Å². The van der Waals surface area contributed by atoms with Crippen molar-refractivity contribution in [1.29, 1.82) is 0 Å². The number of fused-ring (bicyclic) bond motifs is 1. The number of piperazine rings is 1. The molecule has 1 aliphatic heterocycles. The van der Waals surface area contributed by atoms with Gasteiger partial charge in [0.15, 0.2) is 0 Å². The average molecular weight is 327 g/mol. The molecule has 0 unspecified atom stereocenters. The van der Waals surface area contributed by atoms with E-state index in [-0.39, 0.29) is 24.5 Å². The summed E-state index contributed by atoms with van der Waals surface area (Å²) in [5.41, 5.74) is 2.11. The lowest BCUT2D eigenvalue weighted by Gasteiger charge is -2.38. The van der Waals surface area contributed by atoms with Crippen molar-refractivity contribution in [2.75, 3.05) is 26.7 Å². The first-order chi connectivity index (χ1) is 11.6. The van der Waals surface area contributed by atoms with E-state index in [1.54, 1.807) is 11.1 Å². The Morgan fingerprint density at radius 2 is 2.08 bits per heavy atom. The lowest BCUT2D eigenvalue weighted by molar-refractivity contribution is -0.151. The van der Waals surface area contributed by atoms with Crippen molar-refractivity contribution in [2.45, 2.75) is 19.5 Å². The highest BCUT2D eigenvalue weighted by Crippen LogP contribution is 2.21. The predicted molar refractivity (Wildman–Crippen MR) is 90.2 cm³/mol. The molecule has 0 saturated carbocycles. The molecule has 1 aromatic heterocycles. The van der Waals surface area contributed by atoms with Gasteiger partial charge in [0, 0.05) is 31.2 Å². The van der Waals surface area contributed by atoms with Crippen LogP contribution < -0.4 is 0 Å². The third-order valence-corrected chi connectivity index (χ3v) is 4.53. The first kappa shape index (κ1) is 16.4. The van der Waals surface area contributed by atoms with Gasteiger partial charge < -0.3 is 9.64 Å². The zero-order valence-electron chi connectivity index (χ0n) is 13.9. The maximum Gasteiger partial charge on any atom is 0.325 e. The van der Waals surface area contributed by atoms with Gasteiger partial charge >= 0.3 is 5.97 Å². The van der Waals surface area contributed by atoms with Crippen LogP contribution in [0.2, 0.25) is 0 Å². The molecular formula is C18H21N3O3. The van der Waals surface area contributed by atoms with Crippen molar-refractivity contribution < 1.29 is 14.3 Å². The van der Waals surface area contributed by atoms with Crippen LogP contribution in [0, 0.1) is 0 Å². The maximum absolute atomic E-state index is 12.5. The molecule has 0 N–H and O–H groups in total. The first-order valence-electron chi connectivity index (χ1n) is 8.02. The fourth-order valence-corrected chi connectivity index (χ4v) is 3.08. The molecule has 126 valence electrons. The van der Waals surface area contributed by atoms with Gasteiger partial charge in [-0.2, -0.15) is 0 Å². The molecule has 0 spiro atoms. The maximum atomic E-state index is 12.5. The number of amides is 1. The smallest absolute Gasteiger partial charge is 0.325 e. The second kappa shape index (κ2) is 6.97. The van der Waals surface area contributed by atoms with Crippen LogP contribution in [-0.2, 0) is 20.9 Å². The van der Waals surface area contributed by atoms with E-state index in [1.807, 2.05) is 31.2 Å². The summed E-state index contributed by atoms with van der Waals surface area (Å²) in [6, 6.07) is 9.74. The molecule has 6 heteroatoms. The summed E-state index contributed by atoms with van der Waals surface area (Å²) in [7, 11) is 1.33. The Hall–Kier alpha value is -2.47. The molecule has 24 heavy (non-hydrogen) atoms. The van der Waals surface area contributed by atoms with Gasteiger partial charge in [-0.1, -0.05) is 18.2 Å². The Balaban J connectivity index is 1.74. The van der Waals surface area contributed by atoms with Gasteiger partial charge in [-0.25, -0.2) is 0 Å². The lowest BCUT2D eigenvalue weighted by Crippen LogP contribution is -2.56. The molecule has 1 atom stereocenters. The van der Waals surface area contributed by atoms with E-state index in [0.717, 1.165) is 23.0 Å². The normalized spacial score (nSPS) is 18.8. The number of carbonyl (C=O) groups excluding carboxylic acids is 2. The van der Waals surface area contributed by atoms with Crippen molar-refractivity contribution in [3.63, 3.8) is 0 Å². The summed E-state index contributed by atoms with van der Waals surface area (Å²) in [4.78, 5) is 32.0. The van der Waals surface area contributed by atoms with Gasteiger partial charge in [-0.05, 0) is 24.6 Å². The Bertz CT molecular complexity index is 757. The fourth-order valence-electron chi connectivity index (χ4n) is 3.08. The Morgan fingerprint density at radius 1 is 1.29 bits per heavy atom. The highest BCUT2D eigenvalue weighted by Gasteiger charge is 2.32. The van der Waals surface area contributed by atoms with E-state index < -0.39 is 0 Å². The molecule has 1 saturated heterocycles. The monoisotopic (exact) mass is 327 g/mol. The summed E-state index contributed by atoms with van der Waals surface area (Å²) in [5, 5.41) is 1.11. The molecule has 3 rings (SSSR count). The summed E-state index contributed by atoms with van der Waals surface area (Å²) in [6.45, 7) is 3.84. The standard InChI is InChI=1S/C18H21N3O3/c1-13-18(23)21(12-17(22)24-2)10-9-20(13)11-14-7-8-19-16-6-4-3-5-15(14)16/h3-8,13H,9-12H2,1-2H3/t13-/m1/s1. The number of hydrogen-bond acceptors (Lipinski definition) is 5. The van der Waals surface area contributed by atoms with E-state index in [0.29, 0.717) is 13.1 Å². The highest BCUT2D eigenvalue weighted by atomic mass is 16.5. The number of nitrogens with zero attached hydrogens (tertiary/aromatic N) is 3. The van der Waals surface area contributed by atoms with Crippen LogP contribution in [0.5, 0.6) is 0 Å². The van der Waals surface area contributed by atoms with Gasteiger partial charge in [0.05, 0.1) is 18.7 Å². The minimum absolute atomic E-state index is 0.0195. The summed E-state index contributed by atoms with van der Waals surface area (Å²) >= 11 is 0.